The predicted molar refractivity (Wildman–Crippen MR) is 202 cm³/mol. The van der Waals surface area contributed by atoms with E-state index < -0.39 is 53.7 Å². The highest BCUT2D eigenvalue weighted by Crippen LogP contribution is 2.40. The predicted octanol–water partition coefficient (Wildman–Crippen LogP) is -0.436. The number of likely N-dealkylation sites (N-methyl/N-ethyl adjacent to an activating group) is 1. The fourth-order valence-corrected chi connectivity index (χ4v) is 5.97. The molecule has 17 heteroatoms. The monoisotopic (exact) mass is 756 g/mol. The highest BCUT2D eigenvalue weighted by molar-refractivity contribution is 5.99. The Bertz CT molecular complexity index is 1900. The topological polar surface area (TPSA) is 270 Å². The number of aryl methyl sites for hydroxylation is 1. The Labute approximate surface area is 319 Å². The molecule has 4 bridgehead atoms. The van der Waals surface area contributed by atoms with Crippen molar-refractivity contribution in [3.8, 4) is 28.7 Å². The van der Waals surface area contributed by atoms with Crippen LogP contribution in [0.4, 0.5) is 0 Å². The van der Waals surface area contributed by atoms with Crippen LogP contribution in [0.15, 0.2) is 54.7 Å². The molecule has 3 aromatic rings. The Morgan fingerprint density at radius 3 is 2.25 bits per heavy atom. The molecule has 0 spiro atoms. The van der Waals surface area contributed by atoms with Gasteiger partial charge in [-0.25, -0.2) is 0 Å². The summed E-state index contributed by atoms with van der Waals surface area (Å²) in [7, 11) is 1.41. The van der Waals surface area contributed by atoms with E-state index in [4.69, 9.17) is 31.9 Å². The normalized spacial score (nSPS) is 17.3. The number of carbonyl (C=O) groups excluding carboxylic acids is 5. The molecular weight excluding hydrogens is 708 g/mol. The number of nitrogens with one attached hydrogen (secondary N) is 4. The number of benzene rings is 2. The summed E-state index contributed by atoms with van der Waals surface area (Å²) in [6, 6.07) is 10.4. The van der Waals surface area contributed by atoms with Crippen LogP contribution in [-0.4, -0.2) is 104 Å². The van der Waals surface area contributed by atoms with E-state index in [0.29, 0.717) is 39.4 Å². The number of pyridine rings is 1. The van der Waals surface area contributed by atoms with E-state index in [1.807, 2.05) is 6.07 Å². The van der Waals surface area contributed by atoms with Crippen LogP contribution < -0.4 is 47.9 Å². The van der Waals surface area contributed by atoms with E-state index in [-0.39, 0.29) is 57.8 Å². The molecule has 0 unspecified atom stereocenters. The van der Waals surface area contributed by atoms with Gasteiger partial charge in [0.15, 0.2) is 0 Å². The molecule has 55 heavy (non-hydrogen) atoms. The average Bonchev–Trinajstić information content (AvgIpc) is 3.17. The van der Waals surface area contributed by atoms with Crippen LogP contribution in [0.5, 0.6) is 11.5 Å². The van der Waals surface area contributed by atoms with Crippen LogP contribution in [0, 0.1) is 18.3 Å². The molecular formula is C38H48N10O7. The summed E-state index contributed by atoms with van der Waals surface area (Å²) in [5.74, 6) is -2.45. The van der Waals surface area contributed by atoms with Gasteiger partial charge >= 0.3 is 0 Å². The second-order valence-corrected chi connectivity index (χ2v) is 12.9. The summed E-state index contributed by atoms with van der Waals surface area (Å²) in [6.07, 6.45) is 1.45. The van der Waals surface area contributed by atoms with E-state index in [9.17, 15) is 24.0 Å². The minimum atomic E-state index is -1.36. The zero-order valence-electron chi connectivity index (χ0n) is 31.1. The van der Waals surface area contributed by atoms with E-state index >= 15 is 0 Å². The van der Waals surface area contributed by atoms with Gasteiger partial charge in [-0.1, -0.05) is 12.1 Å². The summed E-state index contributed by atoms with van der Waals surface area (Å²) in [5.41, 5.74) is 20.3. The van der Waals surface area contributed by atoms with E-state index in [0.717, 1.165) is 0 Å². The Morgan fingerprint density at radius 2 is 1.64 bits per heavy atom. The maximum Gasteiger partial charge on any atom is 0.253 e. The summed E-state index contributed by atoms with van der Waals surface area (Å²) < 4.78 is 12.1. The first-order valence-corrected chi connectivity index (χ1v) is 17.8. The molecule has 4 atom stereocenters. The summed E-state index contributed by atoms with van der Waals surface area (Å²) in [4.78, 5) is 74.0. The Morgan fingerprint density at radius 1 is 0.964 bits per heavy atom. The van der Waals surface area contributed by atoms with Gasteiger partial charge in [0.05, 0.1) is 11.6 Å². The molecule has 1 aliphatic heterocycles. The van der Waals surface area contributed by atoms with Crippen LogP contribution in [0.1, 0.15) is 46.6 Å². The van der Waals surface area contributed by atoms with Gasteiger partial charge in [0.1, 0.15) is 55.4 Å². The zero-order chi connectivity index (χ0) is 40.1. The minimum absolute atomic E-state index is 0.0132. The van der Waals surface area contributed by atoms with Gasteiger partial charge < -0.3 is 52.8 Å². The van der Waals surface area contributed by atoms with Crippen molar-refractivity contribution in [2.45, 2.75) is 50.9 Å². The number of rotatable bonds is 14. The smallest absolute Gasteiger partial charge is 0.253 e. The molecule has 17 nitrogen and oxygen atoms in total. The molecule has 0 fully saturated rings. The summed E-state index contributed by atoms with van der Waals surface area (Å²) in [5, 5.41) is 19.7. The molecule has 0 aliphatic carbocycles. The Hall–Kier alpha value is -6.09. The number of nitrogens with zero attached hydrogens (tertiary/aromatic N) is 3. The number of ether oxygens (including phenoxy) is 2. The number of hydrogen-bond acceptors (Lipinski definition) is 12. The molecule has 0 saturated carbocycles. The third-order valence-corrected chi connectivity index (χ3v) is 8.79. The van der Waals surface area contributed by atoms with Gasteiger partial charge in [0.25, 0.3) is 5.91 Å². The van der Waals surface area contributed by atoms with Crippen molar-refractivity contribution in [1.29, 1.82) is 5.26 Å². The van der Waals surface area contributed by atoms with E-state index in [1.54, 1.807) is 55.5 Å². The third-order valence-electron chi connectivity index (χ3n) is 8.79. The first kappa shape index (κ1) is 41.7. The third kappa shape index (κ3) is 10.8. The molecule has 4 rings (SSSR count). The van der Waals surface area contributed by atoms with Crippen LogP contribution in [0.25, 0.3) is 11.1 Å². The number of aromatic nitrogens is 1. The van der Waals surface area contributed by atoms with Gasteiger partial charge in [0.2, 0.25) is 23.6 Å². The molecule has 1 aromatic heterocycles. The van der Waals surface area contributed by atoms with Crippen molar-refractivity contribution >= 4 is 29.5 Å². The largest absolute Gasteiger partial charge is 0.492 e. The second-order valence-electron chi connectivity index (χ2n) is 12.9. The molecule has 2 heterocycles. The highest BCUT2D eigenvalue weighted by Gasteiger charge is 2.36. The number of carbonyl (C=O) groups is 5. The fraction of sp³-hybridized carbons (Fsp3) is 0.395. The highest BCUT2D eigenvalue weighted by atomic mass is 16.5. The number of fused-ring (bicyclic) bond motifs is 5. The van der Waals surface area contributed by atoms with Crippen molar-refractivity contribution in [1.82, 2.24) is 31.2 Å². The minimum Gasteiger partial charge on any atom is -0.492 e. The van der Waals surface area contributed by atoms with Gasteiger partial charge in [-0.3, -0.25) is 29.0 Å². The van der Waals surface area contributed by atoms with Crippen molar-refractivity contribution in [3.63, 3.8) is 0 Å². The van der Waals surface area contributed by atoms with Gasteiger partial charge in [-0.15, -0.1) is 0 Å². The lowest BCUT2D eigenvalue weighted by Crippen LogP contribution is -2.56. The number of nitrogens with two attached hydrogens (primary N) is 3. The van der Waals surface area contributed by atoms with Crippen LogP contribution in [-0.2, 0) is 25.6 Å². The van der Waals surface area contributed by atoms with E-state index in [1.165, 1.54) is 25.1 Å². The average molecular weight is 757 g/mol. The van der Waals surface area contributed by atoms with Crippen molar-refractivity contribution in [2.24, 2.45) is 17.2 Å². The van der Waals surface area contributed by atoms with Crippen LogP contribution in [0.2, 0.25) is 0 Å². The molecule has 5 amide bonds. The first-order valence-electron chi connectivity index (χ1n) is 17.8. The quantitative estimate of drug-likeness (QED) is 0.103. The first-order chi connectivity index (χ1) is 26.4. The van der Waals surface area contributed by atoms with Crippen molar-refractivity contribution in [2.75, 3.05) is 46.4 Å². The zero-order valence-corrected chi connectivity index (χ0v) is 31.1. The van der Waals surface area contributed by atoms with Gasteiger partial charge in [-0.2, -0.15) is 5.26 Å². The lowest BCUT2D eigenvalue weighted by molar-refractivity contribution is -0.141. The SMILES string of the molecule is Cc1ccc(C(=O)N[C@@H](CCN)C(=O)N(C)[C@@H]2C(=O)N[C@@H](C)C(=O)N[C@H](C(=O)NCC#N)Cc3ccc(OCCN)c(c3)-c3cc2ccc3OCCN)cn1. The van der Waals surface area contributed by atoms with E-state index in [2.05, 4.69) is 26.3 Å². The van der Waals surface area contributed by atoms with Crippen molar-refractivity contribution in [3.05, 3.63) is 77.1 Å². The Kier molecular flexibility index (Phi) is 15.0. The maximum atomic E-state index is 14.3. The van der Waals surface area contributed by atoms with Crippen LogP contribution in [0.3, 0.4) is 0 Å². The molecule has 0 radical (unpaired) electrons. The molecule has 0 saturated heterocycles. The standard InChI is InChI=1S/C38H48N10O7/c1-22-4-6-26(21-44-22)35(50)46-29(10-11-39)38(53)48(3)33-25-7-9-32(55-17-14-42)28(20-25)27-18-24(5-8-31(27)54-16-13-41)19-30(36(51)43-15-12-40)47-34(49)23(2)45-37(33)52/h4-9,18,20-21,23,29-30,33H,10-11,13-17,19,39,41-42H2,1-3H3,(H,43,51)(H,45,52)(H,46,50)(H,47,49)/t23-,29-,30-,33-/m0/s1. The fourth-order valence-electron chi connectivity index (χ4n) is 5.97. The molecule has 1 aliphatic rings. The Balaban J connectivity index is 1.88. The number of hydrogen-bond donors (Lipinski definition) is 7. The van der Waals surface area contributed by atoms with Crippen LogP contribution >= 0.6 is 0 Å². The molecule has 10 N–H and O–H groups in total. The second kappa shape index (κ2) is 19.8. The number of amides is 5. The molecule has 292 valence electrons. The summed E-state index contributed by atoms with van der Waals surface area (Å²) >= 11 is 0. The van der Waals surface area contributed by atoms with Gasteiger partial charge in [0, 0.05) is 49.6 Å². The maximum absolute atomic E-state index is 14.3. The lowest BCUT2D eigenvalue weighted by Gasteiger charge is -2.32. The lowest BCUT2D eigenvalue weighted by atomic mass is 9.93. The number of nitriles is 1. The summed E-state index contributed by atoms with van der Waals surface area (Å²) in [6.45, 7) is 3.67. The van der Waals surface area contributed by atoms with Crippen molar-refractivity contribution < 1.29 is 33.4 Å². The van der Waals surface area contributed by atoms with Gasteiger partial charge in [-0.05, 0) is 74.3 Å². The molecule has 2 aromatic carbocycles.